The number of carbonyl (C=O) groups excluding carboxylic acids is 1. The number of hydrogen-bond donors (Lipinski definition) is 2. The minimum Gasteiger partial charge on any atom is -0.466 e. The summed E-state index contributed by atoms with van der Waals surface area (Å²) < 4.78 is 4.96. The van der Waals surface area contributed by atoms with Crippen molar-refractivity contribution in [2.75, 3.05) is 6.61 Å². The van der Waals surface area contributed by atoms with Gasteiger partial charge in [0.25, 0.3) is 0 Å². The second kappa shape index (κ2) is 15.0. The first-order valence-corrected chi connectivity index (χ1v) is 12.2. The summed E-state index contributed by atoms with van der Waals surface area (Å²) in [5.74, 6) is 0.156. The molecule has 1 unspecified atom stereocenters. The van der Waals surface area contributed by atoms with E-state index in [1.165, 1.54) is 18.4 Å². The molecule has 0 aliphatic heterocycles. The van der Waals surface area contributed by atoms with Crippen molar-refractivity contribution < 1.29 is 19.7 Å². The number of esters is 1. The van der Waals surface area contributed by atoms with Crippen LogP contribution in [-0.4, -0.2) is 34.5 Å². The fourth-order valence-corrected chi connectivity index (χ4v) is 4.62. The maximum absolute atomic E-state index is 11.4. The SMILES string of the molecule is CCCCCC(O)(CC=C1CC[C@@H](O)[C@@H]1CCCCCCC(=O)OCC)CCC. The Kier molecular flexibility index (Phi) is 13.5. The van der Waals surface area contributed by atoms with Crippen LogP contribution in [0.4, 0.5) is 0 Å². The molecular weight excluding hydrogens is 364 g/mol. The van der Waals surface area contributed by atoms with Crippen molar-refractivity contribution in [2.24, 2.45) is 5.92 Å². The standard InChI is InChI=1S/C25H46O4/c1-4-7-12-19-25(28,18-5-2)20-17-21-15-16-23(26)22(21)13-10-8-9-11-14-24(27)29-6-3/h17,22-23,26,28H,4-16,18-20H2,1-3H3/t22-,23-,25?/m1/s1. The Labute approximate surface area is 179 Å². The van der Waals surface area contributed by atoms with Gasteiger partial charge in [0.2, 0.25) is 0 Å². The van der Waals surface area contributed by atoms with E-state index in [2.05, 4.69) is 19.9 Å². The predicted molar refractivity (Wildman–Crippen MR) is 120 cm³/mol. The second-order valence-corrected chi connectivity index (χ2v) is 8.89. The number of unbranched alkanes of at least 4 members (excludes halogenated alkanes) is 5. The highest BCUT2D eigenvalue weighted by molar-refractivity contribution is 5.69. The van der Waals surface area contributed by atoms with E-state index in [-0.39, 0.29) is 18.0 Å². The maximum atomic E-state index is 11.4. The van der Waals surface area contributed by atoms with Crippen molar-refractivity contribution in [2.45, 2.75) is 129 Å². The minimum absolute atomic E-state index is 0.0950. The smallest absolute Gasteiger partial charge is 0.305 e. The van der Waals surface area contributed by atoms with Gasteiger partial charge in [0.15, 0.2) is 0 Å². The van der Waals surface area contributed by atoms with Crippen molar-refractivity contribution in [3.8, 4) is 0 Å². The Bertz CT molecular complexity index is 473. The van der Waals surface area contributed by atoms with Crippen molar-refractivity contribution in [1.29, 1.82) is 0 Å². The molecule has 0 aromatic carbocycles. The summed E-state index contributed by atoms with van der Waals surface area (Å²) in [5.41, 5.74) is 0.774. The molecule has 0 bridgehead atoms. The highest BCUT2D eigenvalue weighted by Crippen LogP contribution is 2.37. The summed E-state index contributed by atoms with van der Waals surface area (Å²) in [4.78, 5) is 11.4. The molecule has 1 aliphatic carbocycles. The molecule has 0 aromatic heterocycles. The van der Waals surface area contributed by atoms with E-state index in [0.717, 1.165) is 77.0 Å². The molecule has 0 spiro atoms. The highest BCUT2D eigenvalue weighted by Gasteiger charge is 2.31. The van der Waals surface area contributed by atoms with Crippen LogP contribution in [-0.2, 0) is 9.53 Å². The van der Waals surface area contributed by atoms with Crippen molar-refractivity contribution in [1.82, 2.24) is 0 Å². The lowest BCUT2D eigenvalue weighted by Gasteiger charge is -2.27. The van der Waals surface area contributed by atoms with Gasteiger partial charge in [-0.2, -0.15) is 0 Å². The lowest BCUT2D eigenvalue weighted by Crippen LogP contribution is -2.28. The first-order chi connectivity index (χ1) is 14.0. The largest absolute Gasteiger partial charge is 0.466 e. The van der Waals surface area contributed by atoms with Gasteiger partial charge >= 0.3 is 5.97 Å². The van der Waals surface area contributed by atoms with Gasteiger partial charge in [0, 0.05) is 12.3 Å². The normalized spacial score (nSPS) is 22.7. The number of aliphatic hydroxyl groups excluding tert-OH is 1. The minimum atomic E-state index is -0.581. The molecular formula is C25H46O4. The van der Waals surface area contributed by atoms with Crippen LogP contribution in [0.15, 0.2) is 11.6 Å². The number of aliphatic hydroxyl groups is 2. The monoisotopic (exact) mass is 410 g/mol. The number of ether oxygens (including phenoxy) is 1. The number of hydrogen-bond acceptors (Lipinski definition) is 4. The van der Waals surface area contributed by atoms with Crippen LogP contribution >= 0.6 is 0 Å². The van der Waals surface area contributed by atoms with Crippen LogP contribution in [0.1, 0.15) is 117 Å². The first kappa shape index (κ1) is 26.2. The lowest BCUT2D eigenvalue weighted by atomic mass is 9.85. The summed E-state index contributed by atoms with van der Waals surface area (Å²) in [5, 5.41) is 21.5. The van der Waals surface area contributed by atoms with Crippen LogP contribution < -0.4 is 0 Å². The second-order valence-electron chi connectivity index (χ2n) is 8.89. The molecule has 0 radical (unpaired) electrons. The summed E-state index contributed by atoms with van der Waals surface area (Å²) in [7, 11) is 0. The molecule has 1 fully saturated rings. The third kappa shape index (κ3) is 10.6. The zero-order valence-corrected chi connectivity index (χ0v) is 19.3. The quantitative estimate of drug-likeness (QED) is 0.184. The van der Waals surface area contributed by atoms with E-state index < -0.39 is 5.60 Å². The van der Waals surface area contributed by atoms with Gasteiger partial charge in [-0.1, -0.05) is 70.4 Å². The Balaban J connectivity index is 2.44. The third-order valence-electron chi connectivity index (χ3n) is 6.33. The van der Waals surface area contributed by atoms with E-state index in [9.17, 15) is 15.0 Å². The van der Waals surface area contributed by atoms with Gasteiger partial charge in [0.1, 0.15) is 0 Å². The molecule has 1 rings (SSSR count). The lowest BCUT2D eigenvalue weighted by molar-refractivity contribution is -0.143. The summed E-state index contributed by atoms with van der Waals surface area (Å²) in [6, 6.07) is 0. The van der Waals surface area contributed by atoms with E-state index in [1.54, 1.807) is 0 Å². The Morgan fingerprint density at radius 2 is 1.83 bits per heavy atom. The Morgan fingerprint density at radius 3 is 2.52 bits per heavy atom. The highest BCUT2D eigenvalue weighted by atomic mass is 16.5. The Morgan fingerprint density at radius 1 is 1.07 bits per heavy atom. The maximum Gasteiger partial charge on any atom is 0.305 e. The molecule has 0 amide bonds. The van der Waals surface area contributed by atoms with Crippen LogP contribution in [0.25, 0.3) is 0 Å². The van der Waals surface area contributed by atoms with E-state index >= 15 is 0 Å². The van der Waals surface area contributed by atoms with Gasteiger partial charge in [-0.15, -0.1) is 0 Å². The molecule has 4 heteroatoms. The molecule has 3 atom stereocenters. The van der Waals surface area contributed by atoms with Gasteiger partial charge in [0.05, 0.1) is 18.3 Å². The van der Waals surface area contributed by atoms with Gasteiger partial charge in [-0.05, 0) is 51.9 Å². The van der Waals surface area contributed by atoms with Crippen LogP contribution in [0, 0.1) is 5.92 Å². The van der Waals surface area contributed by atoms with Crippen molar-refractivity contribution in [3.63, 3.8) is 0 Å². The van der Waals surface area contributed by atoms with E-state index in [1.807, 2.05) is 6.92 Å². The summed E-state index contributed by atoms with van der Waals surface area (Å²) in [6.07, 6.45) is 16.4. The number of rotatable bonds is 16. The average molecular weight is 411 g/mol. The third-order valence-corrected chi connectivity index (χ3v) is 6.33. The fourth-order valence-electron chi connectivity index (χ4n) is 4.62. The molecule has 0 aromatic rings. The first-order valence-electron chi connectivity index (χ1n) is 12.2. The van der Waals surface area contributed by atoms with E-state index in [0.29, 0.717) is 13.0 Å². The number of carbonyl (C=O) groups is 1. The summed E-state index contributed by atoms with van der Waals surface area (Å²) in [6.45, 7) is 6.63. The molecule has 4 nitrogen and oxygen atoms in total. The zero-order valence-electron chi connectivity index (χ0n) is 19.3. The van der Waals surface area contributed by atoms with Crippen LogP contribution in [0.2, 0.25) is 0 Å². The van der Waals surface area contributed by atoms with Gasteiger partial charge < -0.3 is 14.9 Å². The predicted octanol–water partition coefficient (Wildman–Crippen LogP) is 6.09. The molecule has 170 valence electrons. The van der Waals surface area contributed by atoms with E-state index in [4.69, 9.17) is 4.74 Å². The Hall–Kier alpha value is -0.870. The van der Waals surface area contributed by atoms with Gasteiger partial charge in [-0.25, -0.2) is 0 Å². The molecule has 2 N–H and O–H groups in total. The van der Waals surface area contributed by atoms with Crippen molar-refractivity contribution in [3.05, 3.63) is 11.6 Å². The van der Waals surface area contributed by atoms with Crippen molar-refractivity contribution >= 4 is 5.97 Å². The van der Waals surface area contributed by atoms with Crippen LogP contribution in [0.5, 0.6) is 0 Å². The topological polar surface area (TPSA) is 66.8 Å². The van der Waals surface area contributed by atoms with Crippen LogP contribution in [0.3, 0.4) is 0 Å². The fraction of sp³-hybridized carbons (Fsp3) is 0.880. The molecule has 0 heterocycles. The average Bonchev–Trinajstić information content (AvgIpc) is 3.03. The molecule has 1 saturated carbocycles. The molecule has 29 heavy (non-hydrogen) atoms. The summed E-state index contributed by atoms with van der Waals surface area (Å²) >= 11 is 0. The zero-order chi connectivity index (χ0) is 21.5. The molecule has 0 saturated heterocycles. The molecule has 1 aliphatic rings. The van der Waals surface area contributed by atoms with Gasteiger partial charge in [-0.3, -0.25) is 4.79 Å².